The van der Waals surface area contributed by atoms with E-state index in [9.17, 15) is 8.78 Å². The second kappa shape index (κ2) is 7.25. The lowest BCUT2D eigenvalue weighted by Gasteiger charge is -2.22. The fraction of sp³-hybridized carbons (Fsp3) is 0.333. The third-order valence-corrected chi connectivity index (χ3v) is 5.24. The van der Waals surface area contributed by atoms with Crippen LogP contribution in [0.2, 0.25) is 0 Å². The number of piperidine rings is 1. The van der Waals surface area contributed by atoms with Gasteiger partial charge in [0.15, 0.2) is 0 Å². The van der Waals surface area contributed by atoms with Gasteiger partial charge >= 0.3 is 0 Å². The Labute approximate surface area is 134 Å². The molecule has 0 radical (unpaired) electrons. The van der Waals surface area contributed by atoms with E-state index in [0.29, 0.717) is 5.56 Å². The molecule has 0 spiro atoms. The molecule has 2 aromatic rings. The van der Waals surface area contributed by atoms with Gasteiger partial charge < -0.3 is 5.32 Å². The average molecular weight is 319 g/mol. The third kappa shape index (κ3) is 4.08. The molecular weight excluding hydrogens is 300 g/mol. The van der Waals surface area contributed by atoms with E-state index < -0.39 is 11.6 Å². The maximum atomic E-state index is 13.3. The predicted octanol–water partition coefficient (Wildman–Crippen LogP) is 4.72. The van der Waals surface area contributed by atoms with Crippen molar-refractivity contribution >= 4 is 11.8 Å². The maximum absolute atomic E-state index is 13.3. The molecule has 1 nitrogen and oxygen atoms in total. The van der Waals surface area contributed by atoms with Gasteiger partial charge in [0.2, 0.25) is 0 Å². The molecular formula is C18H19F2NS. The molecule has 1 aliphatic heterocycles. The van der Waals surface area contributed by atoms with E-state index >= 15 is 0 Å². The molecule has 0 bridgehead atoms. The Hall–Kier alpha value is -1.39. The lowest BCUT2D eigenvalue weighted by molar-refractivity contribution is 0.408. The van der Waals surface area contributed by atoms with Gasteiger partial charge in [0.1, 0.15) is 11.6 Å². The van der Waals surface area contributed by atoms with Crippen molar-refractivity contribution < 1.29 is 8.78 Å². The molecule has 0 aliphatic carbocycles. The van der Waals surface area contributed by atoms with Crippen molar-refractivity contribution in [3.63, 3.8) is 0 Å². The van der Waals surface area contributed by atoms with Gasteiger partial charge in [0.25, 0.3) is 0 Å². The van der Waals surface area contributed by atoms with Crippen molar-refractivity contribution in [1.82, 2.24) is 5.32 Å². The third-order valence-electron chi connectivity index (χ3n) is 3.99. The molecule has 116 valence electrons. The van der Waals surface area contributed by atoms with Crippen LogP contribution in [0.5, 0.6) is 0 Å². The summed E-state index contributed by atoms with van der Waals surface area (Å²) >= 11 is 1.86. The summed E-state index contributed by atoms with van der Waals surface area (Å²) in [6, 6.07) is 11.5. The zero-order valence-corrected chi connectivity index (χ0v) is 13.1. The molecule has 1 N–H and O–H groups in total. The predicted molar refractivity (Wildman–Crippen MR) is 88.1 cm³/mol. The maximum Gasteiger partial charge on any atom is 0.126 e. The van der Waals surface area contributed by atoms with Crippen LogP contribution in [0.1, 0.15) is 12.8 Å². The minimum absolute atomic E-state index is 0.542. The second-order valence-corrected chi connectivity index (χ2v) is 6.78. The lowest BCUT2D eigenvalue weighted by Crippen LogP contribution is -2.28. The number of nitrogens with one attached hydrogen (secondary N) is 1. The van der Waals surface area contributed by atoms with Gasteiger partial charge in [-0.15, -0.1) is 11.8 Å². The van der Waals surface area contributed by atoms with Crippen molar-refractivity contribution in [1.29, 1.82) is 0 Å². The normalized spacial score (nSPS) is 15.9. The molecule has 1 aliphatic rings. The molecule has 2 aromatic carbocycles. The largest absolute Gasteiger partial charge is 0.317 e. The smallest absolute Gasteiger partial charge is 0.126 e. The lowest BCUT2D eigenvalue weighted by atomic mass is 10.0. The Morgan fingerprint density at radius 1 is 0.909 bits per heavy atom. The van der Waals surface area contributed by atoms with Crippen LogP contribution in [0.3, 0.4) is 0 Å². The van der Waals surface area contributed by atoms with Gasteiger partial charge in [-0.2, -0.15) is 0 Å². The molecule has 1 saturated heterocycles. The molecule has 0 atom stereocenters. The number of rotatable bonds is 4. The van der Waals surface area contributed by atoms with Gasteiger partial charge in [0, 0.05) is 16.7 Å². The highest BCUT2D eigenvalue weighted by Crippen LogP contribution is 2.28. The Bertz CT molecular complexity index is 601. The van der Waals surface area contributed by atoms with E-state index in [-0.39, 0.29) is 0 Å². The van der Waals surface area contributed by atoms with E-state index in [0.717, 1.165) is 36.4 Å². The first-order chi connectivity index (χ1) is 10.7. The minimum Gasteiger partial charge on any atom is -0.317 e. The van der Waals surface area contributed by atoms with Crippen LogP contribution in [0.4, 0.5) is 8.78 Å². The molecule has 22 heavy (non-hydrogen) atoms. The molecule has 0 unspecified atom stereocenters. The van der Waals surface area contributed by atoms with E-state index in [2.05, 4.69) is 5.32 Å². The molecule has 4 heteroatoms. The van der Waals surface area contributed by atoms with Gasteiger partial charge in [-0.3, -0.25) is 0 Å². The van der Waals surface area contributed by atoms with E-state index in [1.807, 2.05) is 36.0 Å². The fourth-order valence-electron chi connectivity index (χ4n) is 2.73. The SMILES string of the molecule is Fc1cc(F)cc(-c2ccc(SCC3CCNCC3)cc2)c1. The number of hydrogen-bond acceptors (Lipinski definition) is 2. The summed E-state index contributed by atoms with van der Waals surface area (Å²) in [4.78, 5) is 1.21. The van der Waals surface area contributed by atoms with Crippen LogP contribution in [0.25, 0.3) is 11.1 Å². The summed E-state index contributed by atoms with van der Waals surface area (Å²) in [6.45, 7) is 2.24. The highest BCUT2D eigenvalue weighted by molar-refractivity contribution is 7.99. The Balaban J connectivity index is 1.64. The fourth-order valence-corrected chi connectivity index (χ4v) is 3.82. The van der Waals surface area contributed by atoms with Crippen LogP contribution < -0.4 is 5.32 Å². The van der Waals surface area contributed by atoms with Crippen molar-refractivity contribution in [2.75, 3.05) is 18.8 Å². The number of benzene rings is 2. The quantitative estimate of drug-likeness (QED) is 0.818. The summed E-state index contributed by atoms with van der Waals surface area (Å²) in [7, 11) is 0. The van der Waals surface area contributed by atoms with Crippen LogP contribution in [-0.2, 0) is 0 Å². The summed E-state index contributed by atoms with van der Waals surface area (Å²) in [5, 5.41) is 3.38. The van der Waals surface area contributed by atoms with Gasteiger partial charge in [-0.05, 0) is 67.2 Å². The first kappa shape index (κ1) is 15.5. The summed E-state index contributed by atoms with van der Waals surface area (Å²) < 4.78 is 26.5. The molecule has 0 aromatic heterocycles. The standard InChI is InChI=1S/C18H19F2NS/c19-16-9-15(10-17(20)11-16)14-1-3-18(4-2-14)22-12-13-5-7-21-8-6-13/h1-4,9-11,13,21H,5-8,12H2. The van der Waals surface area contributed by atoms with E-state index in [1.165, 1.54) is 29.9 Å². The molecule has 1 heterocycles. The Kier molecular flexibility index (Phi) is 5.11. The number of halogens is 2. The summed E-state index contributed by atoms with van der Waals surface area (Å²) in [6.07, 6.45) is 2.49. The van der Waals surface area contributed by atoms with Crippen molar-refractivity contribution in [3.05, 3.63) is 54.1 Å². The van der Waals surface area contributed by atoms with Crippen molar-refractivity contribution in [2.45, 2.75) is 17.7 Å². The second-order valence-electron chi connectivity index (χ2n) is 5.69. The Morgan fingerprint density at radius 2 is 1.55 bits per heavy atom. The van der Waals surface area contributed by atoms with E-state index in [4.69, 9.17) is 0 Å². The first-order valence-corrected chi connectivity index (χ1v) is 8.59. The average Bonchev–Trinajstić information content (AvgIpc) is 2.53. The monoisotopic (exact) mass is 319 g/mol. The van der Waals surface area contributed by atoms with Gasteiger partial charge in [-0.1, -0.05) is 12.1 Å². The van der Waals surface area contributed by atoms with Crippen LogP contribution in [-0.4, -0.2) is 18.8 Å². The molecule has 0 saturated carbocycles. The number of hydrogen-bond donors (Lipinski definition) is 1. The highest BCUT2D eigenvalue weighted by Gasteiger charge is 2.13. The van der Waals surface area contributed by atoms with Gasteiger partial charge in [-0.25, -0.2) is 8.78 Å². The van der Waals surface area contributed by atoms with Crippen LogP contribution in [0.15, 0.2) is 47.4 Å². The zero-order valence-electron chi connectivity index (χ0n) is 12.3. The molecule has 0 amide bonds. The molecule has 3 rings (SSSR count). The summed E-state index contributed by atoms with van der Waals surface area (Å²) in [5.41, 5.74) is 1.41. The number of thioether (sulfide) groups is 1. The van der Waals surface area contributed by atoms with Crippen LogP contribution in [0, 0.1) is 17.6 Å². The van der Waals surface area contributed by atoms with Crippen molar-refractivity contribution in [2.24, 2.45) is 5.92 Å². The first-order valence-electron chi connectivity index (χ1n) is 7.61. The van der Waals surface area contributed by atoms with E-state index in [1.54, 1.807) is 0 Å². The zero-order chi connectivity index (χ0) is 15.4. The molecule has 1 fully saturated rings. The summed E-state index contributed by atoms with van der Waals surface area (Å²) in [5.74, 6) is 0.831. The highest BCUT2D eigenvalue weighted by atomic mass is 32.2. The Morgan fingerprint density at radius 3 is 2.18 bits per heavy atom. The van der Waals surface area contributed by atoms with Crippen molar-refractivity contribution in [3.8, 4) is 11.1 Å². The topological polar surface area (TPSA) is 12.0 Å². The van der Waals surface area contributed by atoms with Gasteiger partial charge in [0.05, 0.1) is 0 Å². The van der Waals surface area contributed by atoms with Crippen LogP contribution >= 0.6 is 11.8 Å². The minimum atomic E-state index is -0.542.